The van der Waals surface area contributed by atoms with Gasteiger partial charge in [0.25, 0.3) is 0 Å². The van der Waals surface area contributed by atoms with Crippen molar-refractivity contribution >= 4 is 41.3 Å². The summed E-state index contributed by atoms with van der Waals surface area (Å²) in [4.78, 5) is 4.66. The van der Waals surface area contributed by atoms with E-state index in [1.807, 2.05) is 29.8 Å². The van der Waals surface area contributed by atoms with Gasteiger partial charge in [0.2, 0.25) is 0 Å². The topological polar surface area (TPSA) is 76.9 Å². The highest BCUT2D eigenvalue weighted by Gasteiger charge is 2.24. The lowest BCUT2D eigenvalue weighted by Gasteiger charge is -2.24. The van der Waals surface area contributed by atoms with Gasteiger partial charge in [-0.1, -0.05) is 6.07 Å². The average Bonchev–Trinajstić information content (AvgIpc) is 3.21. The number of benzene rings is 1. The highest BCUT2D eigenvalue weighted by atomic mass is 127. The van der Waals surface area contributed by atoms with E-state index in [0.29, 0.717) is 24.8 Å². The summed E-state index contributed by atoms with van der Waals surface area (Å²) in [5, 5.41) is 31.4. The standard InChI is InChI=1S/C21H29N3O2S.HI/c1-3-22-20(24-14-21(2,26)16-10-11-27-13-16)23-12-18-17-7-5-4-6-15(17)8-9-19(18)25;/h8-11,13,25-26H,3-7,12,14H2,1-2H3,(H2,22,23,24);1H. The Bertz CT molecular complexity index is 791. The third-order valence-electron chi connectivity index (χ3n) is 5.11. The summed E-state index contributed by atoms with van der Waals surface area (Å²) in [5.74, 6) is 0.960. The van der Waals surface area contributed by atoms with Gasteiger partial charge in [0.15, 0.2) is 5.96 Å². The van der Waals surface area contributed by atoms with Crippen LogP contribution < -0.4 is 10.6 Å². The van der Waals surface area contributed by atoms with E-state index in [0.717, 1.165) is 36.9 Å². The third kappa shape index (κ3) is 5.61. The lowest BCUT2D eigenvalue weighted by atomic mass is 9.88. The number of rotatable bonds is 6. The van der Waals surface area contributed by atoms with Crippen LogP contribution in [-0.4, -0.2) is 29.3 Å². The van der Waals surface area contributed by atoms with Gasteiger partial charge in [-0.25, -0.2) is 4.99 Å². The number of fused-ring (bicyclic) bond motifs is 1. The van der Waals surface area contributed by atoms with E-state index >= 15 is 0 Å². The minimum Gasteiger partial charge on any atom is -0.508 e. The van der Waals surface area contributed by atoms with Crippen LogP contribution >= 0.6 is 35.3 Å². The fourth-order valence-electron chi connectivity index (χ4n) is 3.50. The van der Waals surface area contributed by atoms with E-state index in [1.165, 1.54) is 17.5 Å². The molecule has 5 nitrogen and oxygen atoms in total. The minimum atomic E-state index is -0.968. The molecule has 0 fully saturated rings. The molecule has 0 spiro atoms. The van der Waals surface area contributed by atoms with Crippen molar-refractivity contribution in [3.8, 4) is 5.75 Å². The number of phenolic OH excluding ortho intramolecular Hbond substituents is 1. The van der Waals surface area contributed by atoms with Crippen LogP contribution in [0.2, 0.25) is 0 Å². The molecule has 1 aliphatic carbocycles. The van der Waals surface area contributed by atoms with Crippen molar-refractivity contribution in [2.75, 3.05) is 13.1 Å². The molecule has 0 saturated carbocycles. The second-order valence-electron chi connectivity index (χ2n) is 7.24. The first-order chi connectivity index (χ1) is 13.0. The highest BCUT2D eigenvalue weighted by molar-refractivity contribution is 14.0. The molecule has 7 heteroatoms. The maximum atomic E-state index is 10.7. The molecule has 1 aliphatic rings. The molecule has 4 N–H and O–H groups in total. The Morgan fingerprint density at radius 3 is 2.71 bits per heavy atom. The van der Waals surface area contributed by atoms with Crippen LogP contribution in [0.5, 0.6) is 5.75 Å². The van der Waals surface area contributed by atoms with E-state index in [1.54, 1.807) is 24.3 Å². The van der Waals surface area contributed by atoms with Gasteiger partial charge in [0.1, 0.15) is 11.4 Å². The summed E-state index contributed by atoms with van der Waals surface area (Å²) in [7, 11) is 0. The summed E-state index contributed by atoms with van der Waals surface area (Å²) in [6.07, 6.45) is 4.46. The zero-order chi connectivity index (χ0) is 19.3. The van der Waals surface area contributed by atoms with Crippen LogP contribution in [0.25, 0.3) is 0 Å². The van der Waals surface area contributed by atoms with E-state index in [-0.39, 0.29) is 24.0 Å². The van der Waals surface area contributed by atoms with Gasteiger partial charge in [0.05, 0.1) is 13.1 Å². The first-order valence-electron chi connectivity index (χ1n) is 9.61. The fourth-order valence-corrected chi connectivity index (χ4v) is 4.28. The van der Waals surface area contributed by atoms with Gasteiger partial charge in [0, 0.05) is 12.1 Å². The molecule has 0 aliphatic heterocycles. The van der Waals surface area contributed by atoms with Crippen molar-refractivity contribution in [2.45, 2.75) is 51.7 Å². The monoisotopic (exact) mass is 515 g/mol. The Balaban J connectivity index is 0.00000280. The maximum Gasteiger partial charge on any atom is 0.191 e. The van der Waals surface area contributed by atoms with Crippen LogP contribution in [0.3, 0.4) is 0 Å². The molecule has 0 radical (unpaired) electrons. The number of nitrogens with zero attached hydrogens (tertiary/aromatic N) is 1. The number of aromatic hydroxyl groups is 1. The molecule has 1 aromatic carbocycles. The molecule has 3 rings (SSSR count). The number of hydrogen-bond donors (Lipinski definition) is 4. The Labute approximate surface area is 188 Å². The lowest BCUT2D eigenvalue weighted by Crippen LogP contribution is -2.44. The number of hydrogen-bond acceptors (Lipinski definition) is 4. The van der Waals surface area contributed by atoms with Crippen molar-refractivity contribution in [3.05, 3.63) is 51.2 Å². The van der Waals surface area contributed by atoms with Crippen molar-refractivity contribution in [1.82, 2.24) is 10.6 Å². The Morgan fingerprint density at radius 2 is 2.00 bits per heavy atom. The fraction of sp³-hybridized carbons (Fsp3) is 0.476. The average molecular weight is 515 g/mol. The number of halogens is 1. The van der Waals surface area contributed by atoms with Crippen LogP contribution in [0.4, 0.5) is 0 Å². The summed E-state index contributed by atoms with van der Waals surface area (Å²) in [6, 6.07) is 5.76. The number of phenols is 1. The molecule has 0 bridgehead atoms. The first-order valence-corrected chi connectivity index (χ1v) is 10.6. The second-order valence-corrected chi connectivity index (χ2v) is 8.02. The molecule has 1 atom stereocenters. The SMILES string of the molecule is CCNC(=NCc1c(O)ccc2c1CCCC2)NCC(C)(O)c1ccsc1.I. The smallest absolute Gasteiger partial charge is 0.191 e. The highest BCUT2D eigenvalue weighted by Crippen LogP contribution is 2.31. The van der Waals surface area contributed by atoms with Crippen molar-refractivity contribution in [2.24, 2.45) is 4.99 Å². The largest absolute Gasteiger partial charge is 0.508 e. The van der Waals surface area contributed by atoms with Gasteiger partial charge >= 0.3 is 0 Å². The third-order valence-corrected chi connectivity index (χ3v) is 5.79. The lowest BCUT2D eigenvalue weighted by molar-refractivity contribution is 0.0621. The summed E-state index contributed by atoms with van der Waals surface area (Å²) in [5.41, 5.74) is 3.44. The minimum absolute atomic E-state index is 0. The molecule has 0 saturated heterocycles. The normalized spacial score (nSPS) is 15.9. The number of aliphatic hydroxyl groups is 1. The zero-order valence-electron chi connectivity index (χ0n) is 16.5. The van der Waals surface area contributed by atoms with E-state index in [9.17, 15) is 10.2 Å². The molecule has 154 valence electrons. The maximum absolute atomic E-state index is 10.7. The van der Waals surface area contributed by atoms with Gasteiger partial charge in [-0.2, -0.15) is 11.3 Å². The number of guanidine groups is 1. The Kier molecular flexibility index (Phi) is 8.57. The predicted octanol–water partition coefficient (Wildman–Crippen LogP) is 3.91. The van der Waals surface area contributed by atoms with E-state index < -0.39 is 5.60 Å². The Morgan fingerprint density at radius 1 is 1.21 bits per heavy atom. The molecule has 1 unspecified atom stereocenters. The van der Waals surface area contributed by atoms with E-state index in [4.69, 9.17) is 0 Å². The van der Waals surface area contributed by atoms with E-state index in [2.05, 4.69) is 15.6 Å². The second kappa shape index (κ2) is 10.5. The van der Waals surface area contributed by atoms with Crippen LogP contribution in [0.15, 0.2) is 34.0 Å². The van der Waals surface area contributed by atoms with Crippen LogP contribution in [0.1, 0.15) is 48.9 Å². The number of nitrogens with one attached hydrogen (secondary N) is 2. The molecule has 1 aromatic heterocycles. The molecule has 28 heavy (non-hydrogen) atoms. The van der Waals surface area contributed by atoms with Crippen molar-refractivity contribution in [1.29, 1.82) is 0 Å². The van der Waals surface area contributed by atoms with Gasteiger partial charge in [-0.15, -0.1) is 24.0 Å². The quantitative estimate of drug-likeness (QED) is 0.267. The summed E-state index contributed by atoms with van der Waals surface area (Å²) in [6.45, 7) is 5.31. The van der Waals surface area contributed by atoms with Crippen molar-refractivity contribution in [3.63, 3.8) is 0 Å². The van der Waals surface area contributed by atoms with Gasteiger partial charge < -0.3 is 20.8 Å². The number of thiophene rings is 1. The molecule has 0 amide bonds. The predicted molar refractivity (Wildman–Crippen MR) is 127 cm³/mol. The van der Waals surface area contributed by atoms with Crippen LogP contribution in [-0.2, 0) is 25.0 Å². The zero-order valence-corrected chi connectivity index (χ0v) is 19.6. The summed E-state index contributed by atoms with van der Waals surface area (Å²) < 4.78 is 0. The molecule has 1 heterocycles. The molecular weight excluding hydrogens is 485 g/mol. The Hall–Kier alpha value is -1.32. The molecule has 2 aromatic rings. The van der Waals surface area contributed by atoms with Gasteiger partial charge in [-0.05, 0) is 79.1 Å². The van der Waals surface area contributed by atoms with Crippen molar-refractivity contribution < 1.29 is 10.2 Å². The van der Waals surface area contributed by atoms with Gasteiger partial charge in [-0.3, -0.25) is 0 Å². The first kappa shape index (κ1) is 23.0. The number of aryl methyl sites for hydroxylation is 1. The van der Waals surface area contributed by atoms with Crippen LogP contribution in [0, 0.1) is 0 Å². The summed E-state index contributed by atoms with van der Waals surface area (Å²) >= 11 is 1.57. The molecular formula is C21H30IN3O2S. The number of aliphatic imine (C=N–C) groups is 1.